The maximum atomic E-state index is 13.4. The summed E-state index contributed by atoms with van der Waals surface area (Å²) >= 11 is 17.3. The zero-order chi connectivity index (χ0) is 31.1. The van der Waals surface area contributed by atoms with Gasteiger partial charge in [-0.05, 0) is 41.8 Å². The highest BCUT2D eigenvalue weighted by Crippen LogP contribution is 2.34. The molecule has 232 valence electrons. The Labute approximate surface area is 255 Å². The molecule has 1 heterocycles. The number of halogens is 6. The lowest BCUT2D eigenvalue weighted by Crippen LogP contribution is -2.66. The molecule has 0 spiro atoms. The Morgan fingerprint density at radius 2 is 1.38 bits per heavy atom. The summed E-state index contributed by atoms with van der Waals surface area (Å²) in [6, 6.07) is 12.1. The van der Waals surface area contributed by atoms with E-state index in [1.165, 1.54) is 14.2 Å². The van der Waals surface area contributed by atoms with Gasteiger partial charge in [0, 0.05) is 0 Å². The molecule has 1 aliphatic heterocycles. The molecule has 1 amide bonds. The van der Waals surface area contributed by atoms with Crippen molar-refractivity contribution in [1.29, 1.82) is 5.41 Å². The van der Waals surface area contributed by atoms with Gasteiger partial charge in [0.2, 0.25) is 12.2 Å². The van der Waals surface area contributed by atoms with Gasteiger partial charge in [0.15, 0.2) is 0 Å². The molecule has 15 heteroatoms. The summed E-state index contributed by atoms with van der Waals surface area (Å²) in [7, 11) is 3.03. The molecule has 0 aromatic heterocycles. The Balaban J connectivity index is 1.98. The second-order valence-corrected chi connectivity index (χ2v) is 11.4. The summed E-state index contributed by atoms with van der Waals surface area (Å²) in [4.78, 5) is 12.1. The molecule has 0 aliphatic carbocycles. The Morgan fingerprint density at radius 1 is 0.905 bits per heavy atom. The topological polar surface area (TPSA) is 108 Å². The van der Waals surface area contributed by atoms with Crippen molar-refractivity contribution >= 4 is 46.6 Å². The van der Waals surface area contributed by atoms with Crippen molar-refractivity contribution in [1.82, 2.24) is 5.32 Å². The van der Waals surface area contributed by atoms with Crippen LogP contribution in [0.3, 0.4) is 0 Å². The van der Waals surface area contributed by atoms with Gasteiger partial charge in [-0.15, -0.1) is 0 Å². The Kier molecular flexibility index (Phi) is 12.0. The van der Waals surface area contributed by atoms with E-state index in [9.17, 15) is 18.0 Å². The molecule has 1 saturated heterocycles. The standard InChI is InChI=1S/C27H30Cl3F3N2O7/c1-4-19-21(39-13-15-5-9-17(37-2)10-6-15)22(40-14-16-7-11-18(38-3)12-8-16)20(35-25(36)27(31,32)33)23(41-19)42-24(34)26(28,29)30/h5-12,19-23,34H,4,13-14H2,1-3H3,(H,35,36)/t19?,20?,21-,22+,23?/m0/s1. The van der Waals surface area contributed by atoms with Crippen molar-refractivity contribution in [3.05, 3.63) is 59.7 Å². The average molecular weight is 658 g/mol. The molecule has 42 heavy (non-hydrogen) atoms. The van der Waals surface area contributed by atoms with E-state index in [0.29, 0.717) is 17.1 Å². The number of alkyl halides is 6. The van der Waals surface area contributed by atoms with Crippen LogP contribution < -0.4 is 14.8 Å². The summed E-state index contributed by atoms with van der Waals surface area (Å²) in [6.45, 7) is 1.67. The monoisotopic (exact) mass is 656 g/mol. The number of amides is 1. The summed E-state index contributed by atoms with van der Waals surface area (Å²) in [5.74, 6) is -2.00. The molecule has 3 unspecified atom stereocenters. The number of ether oxygens (including phenoxy) is 6. The lowest BCUT2D eigenvalue weighted by Gasteiger charge is -2.46. The van der Waals surface area contributed by atoms with Gasteiger partial charge in [-0.25, -0.2) is 0 Å². The van der Waals surface area contributed by atoms with Gasteiger partial charge < -0.3 is 33.7 Å². The summed E-state index contributed by atoms with van der Waals surface area (Å²) in [5, 5.41) is 9.86. The van der Waals surface area contributed by atoms with Crippen molar-refractivity contribution in [2.24, 2.45) is 0 Å². The number of carbonyl (C=O) groups excluding carboxylic acids is 1. The predicted octanol–water partition coefficient (Wildman–Crippen LogP) is 5.72. The van der Waals surface area contributed by atoms with Gasteiger partial charge in [-0.1, -0.05) is 66.0 Å². The van der Waals surface area contributed by atoms with Crippen molar-refractivity contribution in [2.75, 3.05) is 14.2 Å². The van der Waals surface area contributed by atoms with E-state index in [1.54, 1.807) is 55.5 Å². The van der Waals surface area contributed by atoms with Crippen molar-refractivity contribution in [2.45, 2.75) is 67.2 Å². The summed E-state index contributed by atoms with van der Waals surface area (Å²) in [6.07, 6.45) is -9.77. The van der Waals surface area contributed by atoms with Crippen LogP contribution in [0, 0.1) is 5.41 Å². The minimum absolute atomic E-state index is 0.0202. The first kappa shape index (κ1) is 34.0. The molecule has 0 bridgehead atoms. The van der Waals surface area contributed by atoms with Crippen LogP contribution in [0.5, 0.6) is 11.5 Å². The van der Waals surface area contributed by atoms with Gasteiger partial charge in [0.05, 0.1) is 33.5 Å². The van der Waals surface area contributed by atoms with Crippen LogP contribution in [0.2, 0.25) is 0 Å². The normalized spacial score (nSPS) is 22.7. The second kappa shape index (κ2) is 14.8. The maximum Gasteiger partial charge on any atom is 0.471 e. The average Bonchev–Trinajstić information content (AvgIpc) is 2.95. The molecular weight excluding hydrogens is 628 g/mol. The molecule has 2 aromatic carbocycles. The molecular formula is C27H30Cl3F3N2O7. The van der Waals surface area contributed by atoms with Gasteiger partial charge in [0.25, 0.3) is 3.79 Å². The zero-order valence-electron chi connectivity index (χ0n) is 22.8. The van der Waals surface area contributed by atoms with Crippen molar-refractivity contribution in [3.8, 4) is 11.5 Å². The number of hydrogen-bond donors (Lipinski definition) is 2. The molecule has 9 nitrogen and oxygen atoms in total. The molecule has 2 aromatic rings. The smallest absolute Gasteiger partial charge is 0.471 e. The number of carbonyl (C=O) groups is 1. The lowest BCUT2D eigenvalue weighted by molar-refractivity contribution is -0.267. The number of nitrogens with one attached hydrogen (secondary N) is 2. The third-order valence-corrected chi connectivity index (χ3v) is 6.81. The molecule has 5 atom stereocenters. The molecule has 2 N–H and O–H groups in total. The van der Waals surface area contributed by atoms with E-state index in [-0.39, 0.29) is 19.6 Å². The van der Waals surface area contributed by atoms with Crippen LogP contribution in [0.25, 0.3) is 0 Å². The van der Waals surface area contributed by atoms with Crippen molar-refractivity contribution < 1.29 is 46.4 Å². The predicted molar refractivity (Wildman–Crippen MR) is 149 cm³/mol. The fourth-order valence-electron chi connectivity index (χ4n) is 4.13. The van der Waals surface area contributed by atoms with Crippen LogP contribution in [0.15, 0.2) is 48.5 Å². The highest BCUT2D eigenvalue weighted by atomic mass is 35.6. The summed E-state index contributed by atoms with van der Waals surface area (Å²) < 4.78 is 71.8. The summed E-state index contributed by atoms with van der Waals surface area (Å²) in [5.41, 5.74) is 1.38. The number of methoxy groups -OCH3 is 2. The molecule has 1 fully saturated rings. The van der Waals surface area contributed by atoms with Gasteiger partial charge in [0.1, 0.15) is 29.7 Å². The number of benzene rings is 2. The van der Waals surface area contributed by atoms with Crippen LogP contribution in [0.4, 0.5) is 13.2 Å². The first-order valence-corrected chi connectivity index (χ1v) is 13.7. The Morgan fingerprint density at radius 3 is 1.79 bits per heavy atom. The number of hydrogen-bond acceptors (Lipinski definition) is 8. The molecule has 0 saturated carbocycles. The fraction of sp³-hybridized carbons (Fsp3) is 0.481. The van der Waals surface area contributed by atoms with Crippen LogP contribution >= 0.6 is 34.8 Å². The highest BCUT2D eigenvalue weighted by molar-refractivity contribution is 6.76. The Bertz CT molecular complexity index is 1180. The Hall–Kier alpha value is -2.48. The largest absolute Gasteiger partial charge is 0.497 e. The van der Waals surface area contributed by atoms with E-state index in [2.05, 4.69) is 0 Å². The third kappa shape index (κ3) is 9.26. The minimum Gasteiger partial charge on any atom is -0.497 e. The van der Waals surface area contributed by atoms with Crippen LogP contribution in [0.1, 0.15) is 24.5 Å². The number of rotatable bonds is 11. The first-order chi connectivity index (χ1) is 19.8. The minimum atomic E-state index is -5.26. The van der Waals surface area contributed by atoms with Crippen LogP contribution in [-0.4, -0.2) is 66.6 Å². The zero-order valence-corrected chi connectivity index (χ0v) is 25.0. The molecule has 3 rings (SSSR count). The van der Waals surface area contributed by atoms with Gasteiger partial charge >= 0.3 is 12.1 Å². The third-order valence-electron chi connectivity index (χ3n) is 6.30. The van der Waals surface area contributed by atoms with E-state index in [4.69, 9.17) is 68.6 Å². The first-order valence-electron chi connectivity index (χ1n) is 12.6. The fourth-order valence-corrected chi connectivity index (χ4v) is 4.26. The quantitative estimate of drug-likeness (QED) is 0.181. The van der Waals surface area contributed by atoms with Gasteiger partial charge in [-0.3, -0.25) is 10.2 Å². The van der Waals surface area contributed by atoms with E-state index in [0.717, 1.165) is 5.56 Å². The highest BCUT2D eigenvalue weighted by Gasteiger charge is 2.52. The van der Waals surface area contributed by atoms with E-state index >= 15 is 0 Å². The van der Waals surface area contributed by atoms with E-state index in [1.807, 2.05) is 5.32 Å². The lowest BCUT2D eigenvalue weighted by atomic mass is 9.94. The maximum absolute atomic E-state index is 13.4. The van der Waals surface area contributed by atoms with E-state index < -0.39 is 52.4 Å². The van der Waals surface area contributed by atoms with Crippen LogP contribution in [-0.2, 0) is 37.0 Å². The van der Waals surface area contributed by atoms with Gasteiger partial charge in [-0.2, -0.15) is 13.2 Å². The molecule has 1 aliphatic rings. The molecule has 0 radical (unpaired) electrons. The SMILES string of the molecule is CCC1OC(OC(=N)C(Cl)(Cl)Cl)C(NC(=O)C(F)(F)F)[C@@H](OCc2ccc(OC)cc2)[C@H]1OCc1ccc(OC)cc1. The van der Waals surface area contributed by atoms with Crippen molar-refractivity contribution in [3.63, 3.8) is 0 Å². The second-order valence-electron chi connectivity index (χ2n) is 9.14.